The molecule has 0 radical (unpaired) electrons. The molecule has 0 heterocycles. The molecule has 0 aromatic heterocycles. The van der Waals surface area contributed by atoms with Crippen molar-refractivity contribution >= 4 is 23.7 Å². The van der Waals surface area contributed by atoms with Crippen molar-refractivity contribution in [3.63, 3.8) is 0 Å². The number of carbonyl (C=O) groups excluding carboxylic acids is 2. The molecule has 1 rings (SSSR count). The largest absolute Gasteiger partial charge is 0.463 e. The molecule has 0 atom stereocenters. The molecule has 0 aliphatic carbocycles. The highest BCUT2D eigenvalue weighted by atomic mass is 16.6. The quantitative estimate of drug-likeness (QED) is 0.250. The first-order chi connectivity index (χ1) is 11.4. The molecule has 0 bridgehead atoms. The molecule has 0 amide bonds. The van der Waals surface area contributed by atoms with Crippen molar-refractivity contribution < 1.29 is 24.0 Å². The van der Waals surface area contributed by atoms with Gasteiger partial charge in [-0.1, -0.05) is 6.08 Å². The molecular formula is C17H19NO6. The summed E-state index contributed by atoms with van der Waals surface area (Å²) in [6.45, 7) is 5.33. The summed E-state index contributed by atoms with van der Waals surface area (Å²) in [5.74, 6) is -1.28. The SMILES string of the molecule is CCOC(=O)/C=C(C(=O)OCC)/C(C)=C/c1ccc([N+](=O)[O-])cc1. The van der Waals surface area contributed by atoms with Crippen molar-refractivity contribution in [3.05, 3.63) is 57.2 Å². The molecule has 0 fully saturated rings. The second-order valence-electron chi connectivity index (χ2n) is 4.71. The predicted octanol–water partition coefficient (Wildman–Crippen LogP) is 3.05. The minimum atomic E-state index is -0.642. The number of nitrogens with zero attached hydrogens (tertiary/aromatic N) is 1. The number of benzene rings is 1. The van der Waals surface area contributed by atoms with Crippen LogP contribution in [0.3, 0.4) is 0 Å². The van der Waals surface area contributed by atoms with Crippen LogP contribution in [-0.4, -0.2) is 30.1 Å². The van der Waals surface area contributed by atoms with Crippen LogP contribution in [0, 0.1) is 10.1 Å². The summed E-state index contributed by atoms with van der Waals surface area (Å²) < 4.78 is 9.77. The van der Waals surface area contributed by atoms with Crippen molar-refractivity contribution in [2.24, 2.45) is 0 Å². The van der Waals surface area contributed by atoms with Gasteiger partial charge in [-0.2, -0.15) is 0 Å². The highest BCUT2D eigenvalue weighted by Crippen LogP contribution is 2.19. The van der Waals surface area contributed by atoms with E-state index in [0.717, 1.165) is 6.08 Å². The Kier molecular flexibility index (Phi) is 7.35. The summed E-state index contributed by atoms with van der Waals surface area (Å²) in [6, 6.07) is 5.82. The topological polar surface area (TPSA) is 95.7 Å². The fourth-order valence-electron chi connectivity index (χ4n) is 1.86. The van der Waals surface area contributed by atoms with Crippen molar-refractivity contribution in [2.75, 3.05) is 13.2 Å². The molecule has 1 aromatic rings. The van der Waals surface area contributed by atoms with Crippen LogP contribution in [0.15, 0.2) is 41.5 Å². The Bertz CT molecular complexity index is 673. The van der Waals surface area contributed by atoms with Gasteiger partial charge in [-0.05, 0) is 44.0 Å². The monoisotopic (exact) mass is 333 g/mol. The lowest BCUT2D eigenvalue weighted by Crippen LogP contribution is -2.12. The number of non-ortho nitro benzene ring substituents is 1. The molecule has 0 N–H and O–H groups in total. The standard InChI is InChI=1S/C17H19NO6/c1-4-23-16(19)11-15(17(20)24-5-2)12(3)10-13-6-8-14(9-7-13)18(21)22/h6-11H,4-5H2,1-3H3/b12-10+,15-11-. The van der Waals surface area contributed by atoms with E-state index in [-0.39, 0.29) is 24.5 Å². The van der Waals surface area contributed by atoms with Crippen molar-refractivity contribution in [1.29, 1.82) is 0 Å². The summed E-state index contributed by atoms with van der Waals surface area (Å²) >= 11 is 0. The molecule has 7 nitrogen and oxygen atoms in total. The average molecular weight is 333 g/mol. The van der Waals surface area contributed by atoms with Gasteiger partial charge >= 0.3 is 11.9 Å². The van der Waals surface area contributed by atoms with E-state index in [9.17, 15) is 19.7 Å². The lowest BCUT2D eigenvalue weighted by Gasteiger charge is -2.08. The Hall–Kier alpha value is -2.96. The number of hydrogen-bond acceptors (Lipinski definition) is 6. The van der Waals surface area contributed by atoms with Crippen LogP contribution in [0.2, 0.25) is 0 Å². The highest BCUT2D eigenvalue weighted by molar-refractivity contribution is 6.01. The summed E-state index contributed by atoms with van der Waals surface area (Å²) in [6.07, 6.45) is 2.71. The molecule has 1 aromatic carbocycles. The fourth-order valence-corrected chi connectivity index (χ4v) is 1.86. The molecule has 128 valence electrons. The second-order valence-corrected chi connectivity index (χ2v) is 4.71. The van der Waals surface area contributed by atoms with Crippen LogP contribution in [0.4, 0.5) is 5.69 Å². The normalized spacial score (nSPS) is 11.8. The Morgan fingerprint density at radius 1 is 1.12 bits per heavy atom. The van der Waals surface area contributed by atoms with E-state index in [0.29, 0.717) is 11.1 Å². The zero-order valence-corrected chi connectivity index (χ0v) is 13.8. The zero-order valence-electron chi connectivity index (χ0n) is 13.8. The highest BCUT2D eigenvalue weighted by Gasteiger charge is 2.15. The first kappa shape index (κ1) is 19.1. The van der Waals surface area contributed by atoms with Crippen molar-refractivity contribution in [2.45, 2.75) is 20.8 Å². The third kappa shape index (κ3) is 5.68. The van der Waals surface area contributed by atoms with Gasteiger partial charge in [-0.25, -0.2) is 9.59 Å². The van der Waals surface area contributed by atoms with E-state index in [1.807, 2.05) is 0 Å². The van der Waals surface area contributed by atoms with Gasteiger partial charge in [0, 0.05) is 18.2 Å². The van der Waals surface area contributed by atoms with Gasteiger partial charge in [-0.15, -0.1) is 0 Å². The molecule has 0 aliphatic heterocycles. The number of nitro benzene ring substituents is 1. The summed E-state index contributed by atoms with van der Waals surface area (Å²) in [5, 5.41) is 10.7. The first-order valence-electron chi connectivity index (χ1n) is 7.37. The van der Waals surface area contributed by atoms with Crippen LogP contribution in [0.25, 0.3) is 6.08 Å². The second kappa shape index (κ2) is 9.24. The van der Waals surface area contributed by atoms with Crippen LogP contribution >= 0.6 is 0 Å². The van der Waals surface area contributed by atoms with E-state index in [2.05, 4.69) is 0 Å². The number of carbonyl (C=O) groups is 2. The van der Waals surface area contributed by atoms with E-state index in [1.165, 1.54) is 12.1 Å². The number of rotatable bonds is 7. The summed E-state index contributed by atoms with van der Waals surface area (Å²) in [5.41, 5.74) is 1.18. The third-order valence-corrected chi connectivity index (χ3v) is 2.96. The Balaban J connectivity index is 3.13. The van der Waals surface area contributed by atoms with E-state index in [1.54, 1.807) is 39.0 Å². The van der Waals surface area contributed by atoms with Gasteiger partial charge < -0.3 is 9.47 Å². The third-order valence-electron chi connectivity index (χ3n) is 2.96. The molecule has 24 heavy (non-hydrogen) atoms. The van der Waals surface area contributed by atoms with Gasteiger partial charge in [0.15, 0.2) is 0 Å². The molecule has 0 spiro atoms. The Labute approximate surface area is 139 Å². The van der Waals surface area contributed by atoms with Crippen LogP contribution in [-0.2, 0) is 19.1 Å². The lowest BCUT2D eigenvalue weighted by molar-refractivity contribution is -0.384. The van der Waals surface area contributed by atoms with Crippen LogP contribution in [0.5, 0.6) is 0 Å². The van der Waals surface area contributed by atoms with Gasteiger partial charge in [-0.3, -0.25) is 10.1 Å². The molecule has 7 heteroatoms. The van der Waals surface area contributed by atoms with Gasteiger partial charge in [0.1, 0.15) is 0 Å². The molecule has 0 aliphatic rings. The van der Waals surface area contributed by atoms with Crippen LogP contribution in [0.1, 0.15) is 26.3 Å². The van der Waals surface area contributed by atoms with Crippen molar-refractivity contribution in [3.8, 4) is 0 Å². The average Bonchev–Trinajstić information content (AvgIpc) is 2.53. The zero-order chi connectivity index (χ0) is 18.1. The Morgan fingerprint density at radius 3 is 2.21 bits per heavy atom. The maximum Gasteiger partial charge on any atom is 0.338 e. The maximum absolute atomic E-state index is 12.0. The Morgan fingerprint density at radius 2 is 1.71 bits per heavy atom. The van der Waals surface area contributed by atoms with Gasteiger partial charge in [0.05, 0.1) is 23.7 Å². The smallest absolute Gasteiger partial charge is 0.338 e. The maximum atomic E-state index is 12.0. The number of ether oxygens (including phenoxy) is 2. The number of hydrogen-bond donors (Lipinski definition) is 0. The van der Waals surface area contributed by atoms with Crippen molar-refractivity contribution in [1.82, 2.24) is 0 Å². The summed E-state index contributed by atoms with van der Waals surface area (Å²) in [4.78, 5) is 33.8. The molecular weight excluding hydrogens is 314 g/mol. The van der Waals surface area contributed by atoms with E-state index >= 15 is 0 Å². The van der Waals surface area contributed by atoms with E-state index in [4.69, 9.17) is 9.47 Å². The fraction of sp³-hybridized carbons (Fsp3) is 0.294. The first-order valence-corrected chi connectivity index (χ1v) is 7.37. The minimum absolute atomic E-state index is 0.0301. The predicted molar refractivity (Wildman–Crippen MR) is 88.1 cm³/mol. The summed E-state index contributed by atoms with van der Waals surface area (Å²) in [7, 11) is 0. The van der Waals surface area contributed by atoms with E-state index < -0.39 is 16.9 Å². The van der Waals surface area contributed by atoms with Gasteiger partial charge in [0.2, 0.25) is 0 Å². The number of esters is 2. The molecule has 0 unspecified atom stereocenters. The van der Waals surface area contributed by atoms with Gasteiger partial charge in [0.25, 0.3) is 5.69 Å². The lowest BCUT2D eigenvalue weighted by atomic mass is 10.0. The number of nitro groups is 1. The molecule has 0 saturated heterocycles. The minimum Gasteiger partial charge on any atom is -0.463 e. The molecule has 0 saturated carbocycles. The van der Waals surface area contributed by atoms with Crippen LogP contribution < -0.4 is 0 Å².